The molecule has 1 aliphatic rings. The second-order valence-corrected chi connectivity index (χ2v) is 5.40. The van der Waals surface area contributed by atoms with E-state index >= 15 is 0 Å². The molecule has 1 N–H and O–H groups in total. The molecule has 1 amide bonds. The normalized spacial score (nSPS) is 16.0. The van der Waals surface area contributed by atoms with Crippen LogP contribution in [0.4, 0.5) is 24.5 Å². The van der Waals surface area contributed by atoms with E-state index in [0.717, 1.165) is 25.2 Å². The molecule has 1 fully saturated rings. The van der Waals surface area contributed by atoms with E-state index in [1.54, 1.807) is 6.07 Å². The van der Waals surface area contributed by atoms with Crippen molar-refractivity contribution in [2.75, 3.05) is 43.4 Å². The number of nitrogens with zero attached hydrogens (tertiary/aromatic N) is 3. The number of hydrogen-bond donors (Lipinski definition) is 1. The highest BCUT2D eigenvalue weighted by molar-refractivity contribution is 5.95. The van der Waals surface area contributed by atoms with Crippen molar-refractivity contribution in [1.82, 2.24) is 4.90 Å². The van der Waals surface area contributed by atoms with E-state index in [9.17, 15) is 18.0 Å². The maximum atomic E-state index is 12.9. The minimum absolute atomic E-state index is 0.0876. The molecule has 0 saturated carbocycles. The van der Waals surface area contributed by atoms with Crippen molar-refractivity contribution in [3.8, 4) is 6.07 Å². The highest BCUT2D eigenvalue weighted by atomic mass is 19.4. The fraction of sp³-hybridized carbons (Fsp3) is 0.467. The number of piperazine rings is 1. The zero-order chi connectivity index (χ0) is 17.0. The van der Waals surface area contributed by atoms with Crippen LogP contribution in [-0.2, 0) is 11.0 Å². The number of carbonyl (C=O) groups is 1. The van der Waals surface area contributed by atoms with Gasteiger partial charge in [0.1, 0.15) is 6.42 Å². The van der Waals surface area contributed by atoms with E-state index in [0.29, 0.717) is 18.8 Å². The van der Waals surface area contributed by atoms with E-state index < -0.39 is 24.1 Å². The first-order valence-electron chi connectivity index (χ1n) is 7.13. The standard InChI is InChI=1S/C15H17F3N4O/c1-21-6-8-22(9-7-21)13-3-2-11(15(16,17)18)10-12(13)20-14(23)4-5-19/h2-3,10H,4,6-9H2,1H3,(H,20,23). The molecule has 23 heavy (non-hydrogen) atoms. The zero-order valence-electron chi connectivity index (χ0n) is 12.7. The lowest BCUT2D eigenvalue weighted by Crippen LogP contribution is -2.44. The molecule has 0 atom stereocenters. The van der Waals surface area contributed by atoms with Gasteiger partial charge in [-0.2, -0.15) is 18.4 Å². The Bertz CT molecular complexity index is 616. The Hall–Kier alpha value is -2.27. The third-order valence-electron chi connectivity index (χ3n) is 3.68. The fourth-order valence-corrected chi connectivity index (χ4v) is 2.40. The number of alkyl halides is 3. The molecule has 0 bridgehead atoms. The summed E-state index contributed by atoms with van der Waals surface area (Å²) in [4.78, 5) is 15.7. The Labute approximate surface area is 132 Å². The molecule has 0 aliphatic carbocycles. The maximum Gasteiger partial charge on any atom is 0.416 e. The smallest absolute Gasteiger partial charge is 0.367 e. The molecule has 0 radical (unpaired) electrons. The number of likely N-dealkylation sites (N-methyl/N-ethyl adjacent to an activating group) is 1. The molecule has 1 aromatic rings. The molecule has 2 rings (SSSR count). The molecule has 1 aliphatic heterocycles. The van der Waals surface area contributed by atoms with Crippen LogP contribution in [0.5, 0.6) is 0 Å². The van der Waals surface area contributed by atoms with E-state index in [1.807, 2.05) is 11.9 Å². The van der Waals surface area contributed by atoms with Crippen molar-refractivity contribution >= 4 is 17.3 Å². The number of nitriles is 1. The first-order chi connectivity index (χ1) is 10.8. The first kappa shape index (κ1) is 17.1. The van der Waals surface area contributed by atoms with Crippen LogP contribution in [0.15, 0.2) is 18.2 Å². The van der Waals surface area contributed by atoms with Gasteiger partial charge >= 0.3 is 6.18 Å². The number of halogens is 3. The van der Waals surface area contributed by atoms with Gasteiger partial charge in [-0.25, -0.2) is 0 Å². The average molecular weight is 326 g/mol. The Morgan fingerprint density at radius 1 is 1.30 bits per heavy atom. The average Bonchev–Trinajstić information content (AvgIpc) is 2.47. The van der Waals surface area contributed by atoms with Gasteiger partial charge < -0.3 is 15.1 Å². The van der Waals surface area contributed by atoms with Gasteiger partial charge in [-0.05, 0) is 25.2 Å². The summed E-state index contributed by atoms with van der Waals surface area (Å²) in [6.07, 6.45) is -4.90. The maximum absolute atomic E-state index is 12.9. The number of amides is 1. The van der Waals surface area contributed by atoms with E-state index in [-0.39, 0.29) is 5.69 Å². The van der Waals surface area contributed by atoms with Gasteiger partial charge in [0.25, 0.3) is 0 Å². The van der Waals surface area contributed by atoms with Gasteiger partial charge in [0.05, 0.1) is 23.0 Å². The number of rotatable bonds is 3. The number of nitrogens with one attached hydrogen (secondary N) is 1. The Morgan fingerprint density at radius 3 is 2.52 bits per heavy atom. The SMILES string of the molecule is CN1CCN(c2ccc(C(F)(F)F)cc2NC(=O)CC#N)CC1. The molecule has 0 spiro atoms. The lowest BCUT2D eigenvalue weighted by molar-refractivity contribution is -0.137. The van der Waals surface area contributed by atoms with Crippen molar-refractivity contribution < 1.29 is 18.0 Å². The highest BCUT2D eigenvalue weighted by Gasteiger charge is 2.32. The van der Waals surface area contributed by atoms with Gasteiger partial charge in [-0.15, -0.1) is 0 Å². The molecule has 1 saturated heterocycles. The number of carbonyl (C=O) groups excluding carboxylic acids is 1. The van der Waals surface area contributed by atoms with E-state index in [2.05, 4.69) is 10.2 Å². The molecule has 8 heteroatoms. The van der Waals surface area contributed by atoms with Crippen molar-refractivity contribution in [1.29, 1.82) is 5.26 Å². The highest BCUT2D eigenvalue weighted by Crippen LogP contribution is 2.35. The summed E-state index contributed by atoms with van der Waals surface area (Å²) in [6, 6.07) is 4.98. The second kappa shape index (κ2) is 6.87. The third-order valence-corrected chi connectivity index (χ3v) is 3.68. The van der Waals surface area contributed by atoms with Crippen LogP contribution in [0.25, 0.3) is 0 Å². The van der Waals surface area contributed by atoms with Gasteiger partial charge in [0, 0.05) is 26.2 Å². The minimum atomic E-state index is -4.49. The van der Waals surface area contributed by atoms with Crippen LogP contribution in [0.1, 0.15) is 12.0 Å². The van der Waals surface area contributed by atoms with Gasteiger partial charge in [0.2, 0.25) is 5.91 Å². The van der Waals surface area contributed by atoms with Crippen LogP contribution >= 0.6 is 0 Å². The molecule has 0 unspecified atom stereocenters. The monoisotopic (exact) mass is 326 g/mol. The van der Waals surface area contributed by atoms with Crippen molar-refractivity contribution in [2.24, 2.45) is 0 Å². The predicted octanol–water partition coefficient (Wildman–Crippen LogP) is 2.31. The molecule has 1 heterocycles. The lowest BCUT2D eigenvalue weighted by Gasteiger charge is -2.35. The fourth-order valence-electron chi connectivity index (χ4n) is 2.40. The molecule has 5 nitrogen and oxygen atoms in total. The first-order valence-corrected chi connectivity index (χ1v) is 7.13. The third kappa shape index (κ3) is 4.36. The number of benzene rings is 1. The van der Waals surface area contributed by atoms with Crippen molar-refractivity contribution in [3.63, 3.8) is 0 Å². The lowest BCUT2D eigenvalue weighted by atomic mass is 10.1. The Morgan fingerprint density at radius 2 is 1.96 bits per heavy atom. The van der Waals surface area contributed by atoms with Crippen LogP contribution in [-0.4, -0.2) is 44.0 Å². The quantitative estimate of drug-likeness (QED) is 0.926. The minimum Gasteiger partial charge on any atom is -0.367 e. The molecular formula is C15H17F3N4O. The van der Waals surface area contributed by atoms with E-state index in [1.165, 1.54) is 6.07 Å². The Kier molecular flexibility index (Phi) is 5.11. The largest absolute Gasteiger partial charge is 0.416 e. The second-order valence-electron chi connectivity index (χ2n) is 5.40. The van der Waals surface area contributed by atoms with Crippen LogP contribution in [0.3, 0.4) is 0 Å². The van der Waals surface area contributed by atoms with Crippen LogP contribution in [0.2, 0.25) is 0 Å². The van der Waals surface area contributed by atoms with Gasteiger partial charge in [-0.1, -0.05) is 0 Å². The van der Waals surface area contributed by atoms with Crippen LogP contribution < -0.4 is 10.2 Å². The number of anilines is 2. The zero-order valence-corrected chi connectivity index (χ0v) is 12.7. The summed E-state index contributed by atoms with van der Waals surface area (Å²) in [6.45, 7) is 2.88. The summed E-state index contributed by atoms with van der Waals surface area (Å²) in [7, 11) is 1.97. The molecular weight excluding hydrogens is 309 g/mol. The topological polar surface area (TPSA) is 59.4 Å². The van der Waals surface area contributed by atoms with E-state index in [4.69, 9.17) is 5.26 Å². The van der Waals surface area contributed by atoms with Gasteiger partial charge in [0.15, 0.2) is 0 Å². The summed E-state index contributed by atoms with van der Waals surface area (Å²) in [5.74, 6) is -0.623. The predicted molar refractivity (Wildman–Crippen MR) is 80.0 cm³/mol. The number of hydrogen-bond acceptors (Lipinski definition) is 4. The van der Waals surface area contributed by atoms with Crippen molar-refractivity contribution in [2.45, 2.75) is 12.6 Å². The molecule has 124 valence electrons. The van der Waals surface area contributed by atoms with Crippen molar-refractivity contribution in [3.05, 3.63) is 23.8 Å². The van der Waals surface area contributed by atoms with Crippen LogP contribution in [0, 0.1) is 11.3 Å². The summed E-state index contributed by atoms with van der Waals surface area (Å²) in [5, 5.41) is 11.0. The summed E-state index contributed by atoms with van der Waals surface area (Å²) in [5.41, 5.74) is -0.204. The summed E-state index contributed by atoms with van der Waals surface area (Å²) < 4.78 is 38.7. The van der Waals surface area contributed by atoms with Gasteiger partial charge in [-0.3, -0.25) is 4.79 Å². The summed E-state index contributed by atoms with van der Waals surface area (Å²) >= 11 is 0. The molecule has 0 aromatic heterocycles. The molecule has 1 aromatic carbocycles. The Balaban J connectivity index is 2.32.